The van der Waals surface area contributed by atoms with E-state index in [2.05, 4.69) is 5.32 Å². The van der Waals surface area contributed by atoms with Crippen molar-refractivity contribution in [3.05, 3.63) is 29.8 Å². The van der Waals surface area contributed by atoms with Gasteiger partial charge in [-0.2, -0.15) is 0 Å². The second-order valence-corrected chi connectivity index (χ2v) is 4.47. The van der Waals surface area contributed by atoms with E-state index in [1.807, 2.05) is 6.92 Å². The van der Waals surface area contributed by atoms with Crippen molar-refractivity contribution in [1.82, 2.24) is 0 Å². The summed E-state index contributed by atoms with van der Waals surface area (Å²) < 4.78 is 10.2. The fourth-order valence-corrected chi connectivity index (χ4v) is 1.67. The number of nitrogens with two attached hydrogens (primary N) is 1. The molecule has 1 rings (SSSR count). The Morgan fingerprint density at radius 2 is 2.16 bits per heavy atom. The molecule has 1 amide bonds. The number of hydrogen-bond acceptors (Lipinski definition) is 4. The Bertz CT molecular complexity index is 451. The third-order valence-corrected chi connectivity index (χ3v) is 2.59. The van der Waals surface area contributed by atoms with Gasteiger partial charge in [-0.15, -0.1) is 0 Å². The van der Waals surface area contributed by atoms with Gasteiger partial charge in [0, 0.05) is 12.7 Å². The summed E-state index contributed by atoms with van der Waals surface area (Å²) in [7, 11) is 1.58. The third kappa shape index (κ3) is 5.34. The van der Waals surface area contributed by atoms with E-state index in [4.69, 9.17) is 27.4 Å². The zero-order chi connectivity index (χ0) is 14.3. The molecule has 19 heavy (non-hydrogen) atoms. The van der Waals surface area contributed by atoms with Gasteiger partial charge in [0.15, 0.2) is 0 Å². The van der Waals surface area contributed by atoms with Crippen LogP contribution in [0.15, 0.2) is 24.3 Å². The third-order valence-electron chi connectivity index (χ3n) is 2.37. The lowest BCUT2D eigenvalue weighted by Crippen LogP contribution is -2.25. The Morgan fingerprint density at radius 3 is 2.79 bits per heavy atom. The average molecular weight is 282 g/mol. The van der Waals surface area contributed by atoms with Crippen LogP contribution in [0, 0.1) is 0 Å². The molecule has 0 saturated carbocycles. The van der Waals surface area contributed by atoms with Gasteiger partial charge in [0.1, 0.15) is 11.6 Å². The highest BCUT2D eigenvalue weighted by atomic mass is 32.1. The van der Waals surface area contributed by atoms with Crippen LogP contribution in [0.3, 0.4) is 0 Å². The van der Waals surface area contributed by atoms with Crippen LogP contribution in [-0.2, 0) is 14.3 Å². The van der Waals surface area contributed by atoms with Gasteiger partial charge in [-0.05, 0) is 19.1 Å². The van der Waals surface area contributed by atoms with Gasteiger partial charge in [0.25, 0.3) is 0 Å². The highest BCUT2D eigenvalue weighted by Gasteiger charge is 2.10. The summed E-state index contributed by atoms with van der Waals surface area (Å²) in [6.45, 7) is 2.23. The number of methoxy groups -OCH3 is 1. The normalized spacial score (nSPS) is 11.9. The molecule has 1 atom stereocenters. The summed E-state index contributed by atoms with van der Waals surface area (Å²) >= 11 is 4.92. The van der Waals surface area contributed by atoms with Crippen LogP contribution in [0.1, 0.15) is 12.5 Å². The largest absolute Gasteiger partial charge is 0.389 e. The van der Waals surface area contributed by atoms with E-state index >= 15 is 0 Å². The van der Waals surface area contributed by atoms with Crippen LogP contribution in [0.2, 0.25) is 0 Å². The quantitative estimate of drug-likeness (QED) is 0.738. The molecule has 0 bridgehead atoms. The van der Waals surface area contributed by atoms with E-state index in [1.165, 1.54) is 0 Å². The highest BCUT2D eigenvalue weighted by Crippen LogP contribution is 2.14. The molecule has 0 aliphatic carbocycles. The molecule has 0 aromatic heterocycles. The minimum atomic E-state index is -0.258. The number of carbonyl (C=O) groups is 1. The lowest BCUT2D eigenvalue weighted by Gasteiger charge is -2.13. The molecule has 0 fully saturated rings. The summed E-state index contributed by atoms with van der Waals surface area (Å²) in [6.07, 6.45) is -0.137. The molecule has 0 saturated heterocycles. The highest BCUT2D eigenvalue weighted by molar-refractivity contribution is 7.80. The van der Waals surface area contributed by atoms with E-state index in [0.29, 0.717) is 17.9 Å². The minimum absolute atomic E-state index is 0.0454. The molecule has 6 heteroatoms. The number of benzene rings is 1. The standard InChI is InChI=1S/C13H18N2O3S/c1-9(7-17-2)18-8-12(16)15-11-6-4-3-5-10(11)13(14)19/h3-6,9H,7-8H2,1-2H3,(H2,14,19)(H,15,16). The SMILES string of the molecule is COCC(C)OCC(=O)Nc1ccccc1C(N)=S. The Kier molecular flexibility index (Phi) is 6.41. The Morgan fingerprint density at radius 1 is 1.47 bits per heavy atom. The van der Waals surface area contributed by atoms with Crippen LogP contribution in [-0.4, -0.2) is 37.3 Å². The van der Waals surface area contributed by atoms with Gasteiger partial charge in [-0.3, -0.25) is 4.79 Å². The lowest BCUT2D eigenvalue weighted by atomic mass is 10.2. The molecule has 0 radical (unpaired) electrons. The van der Waals surface area contributed by atoms with Crippen LogP contribution in [0.5, 0.6) is 0 Å². The first kappa shape index (κ1) is 15.6. The molecule has 0 heterocycles. The Labute approximate surface area is 118 Å². The zero-order valence-corrected chi connectivity index (χ0v) is 11.8. The van der Waals surface area contributed by atoms with Crippen molar-refractivity contribution in [2.24, 2.45) is 5.73 Å². The van der Waals surface area contributed by atoms with Gasteiger partial charge >= 0.3 is 0 Å². The first-order valence-corrected chi connectivity index (χ1v) is 6.24. The van der Waals surface area contributed by atoms with Crippen molar-refractivity contribution in [3.8, 4) is 0 Å². The molecular formula is C13H18N2O3S. The van der Waals surface area contributed by atoms with Crippen LogP contribution in [0.4, 0.5) is 5.69 Å². The van der Waals surface area contributed by atoms with Crippen molar-refractivity contribution in [3.63, 3.8) is 0 Å². The first-order valence-electron chi connectivity index (χ1n) is 5.83. The number of hydrogen-bond donors (Lipinski definition) is 2. The maximum atomic E-state index is 11.7. The van der Waals surface area contributed by atoms with E-state index in [-0.39, 0.29) is 23.6 Å². The summed E-state index contributed by atoms with van der Waals surface area (Å²) in [5, 5.41) is 2.72. The molecule has 0 aliphatic heterocycles. The topological polar surface area (TPSA) is 73.6 Å². The van der Waals surface area contributed by atoms with Crippen molar-refractivity contribution >= 4 is 28.8 Å². The van der Waals surface area contributed by atoms with Crippen molar-refractivity contribution in [2.45, 2.75) is 13.0 Å². The maximum Gasteiger partial charge on any atom is 0.250 e. The average Bonchev–Trinajstić information content (AvgIpc) is 2.37. The monoisotopic (exact) mass is 282 g/mol. The Hall–Kier alpha value is -1.50. The first-order chi connectivity index (χ1) is 9.04. The number of ether oxygens (including phenoxy) is 2. The predicted octanol–water partition coefficient (Wildman–Crippen LogP) is 1.31. The molecule has 1 aromatic carbocycles. The molecule has 0 spiro atoms. The van der Waals surface area contributed by atoms with E-state index in [1.54, 1.807) is 31.4 Å². The second kappa shape index (κ2) is 7.83. The molecule has 1 aromatic rings. The molecule has 0 aliphatic rings. The fraction of sp³-hybridized carbons (Fsp3) is 0.385. The minimum Gasteiger partial charge on any atom is -0.389 e. The lowest BCUT2D eigenvalue weighted by molar-refractivity contribution is -0.123. The number of anilines is 1. The van der Waals surface area contributed by atoms with Gasteiger partial charge in [-0.25, -0.2) is 0 Å². The molecule has 104 valence electrons. The van der Waals surface area contributed by atoms with Crippen molar-refractivity contribution < 1.29 is 14.3 Å². The summed E-state index contributed by atoms with van der Waals surface area (Å²) in [5.74, 6) is -0.258. The summed E-state index contributed by atoms with van der Waals surface area (Å²) in [6, 6.07) is 7.10. The van der Waals surface area contributed by atoms with E-state index in [9.17, 15) is 4.79 Å². The molecule has 5 nitrogen and oxygen atoms in total. The number of rotatable bonds is 7. The smallest absolute Gasteiger partial charge is 0.250 e. The second-order valence-electron chi connectivity index (χ2n) is 4.03. The van der Waals surface area contributed by atoms with E-state index in [0.717, 1.165) is 0 Å². The number of thiocarbonyl (C=S) groups is 1. The molecular weight excluding hydrogens is 264 g/mol. The fourth-order valence-electron chi connectivity index (χ4n) is 1.49. The summed E-state index contributed by atoms with van der Waals surface area (Å²) in [5.41, 5.74) is 6.81. The van der Waals surface area contributed by atoms with Crippen LogP contribution in [0.25, 0.3) is 0 Å². The Balaban J connectivity index is 2.55. The molecule has 3 N–H and O–H groups in total. The van der Waals surface area contributed by atoms with Gasteiger partial charge in [0.2, 0.25) is 5.91 Å². The van der Waals surface area contributed by atoms with Crippen LogP contribution < -0.4 is 11.1 Å². The predicted molar refractivity (Wildman–Crippen MR) is 78.2 cm³/mol. The van der Waals surface area contributed by atoms with Gasteiger partial charge in [0.05, 0.1) is 18.4 Å². The van der Waals surface area contributed by atoms with Crippen molar-refractivity contribution in [2.75, 3.05) is 25.6 Å². The number of nitrogens with one attached hydrogen (secondary N) is 1. The van der Waals surface area contributed by atoms with E-state index < -0.39 is 0 Å². The van der Waals surface area contributed by atoms with Gasteiger partial charge < -0.3 is 20.5 Å². The molecule has 1 unspecified atom stereocenters. The zero-order valence-electron chi connectivity index (χ0n) is 11.0. The maximum absolute atomic E-state index is 11.7. The number of amides is 1. The van der Waals surface area contributed by atoms with Gasteiger partial charge in [-0.1, -0.05) is 24.4 Å². The van der Waals surface area contributed by atoms with Crippen LogP contribution >= 0.6 is 12.2 Å². The summed E-state index contributed by atoms with van der Waals surface area (Å²) in [4.78, 5) is 12.0. The number of para-hydroxylation sites is 1. The van der Waals surface area contributed by atoms with Crippen molar-refractivity contribution in [1.29, 1.82) is 0 Å². The number of carbonyl (C=O) groups excluding carboxylic acids is 1.